The Labute approximate surface area is 109 Å². The molecule has 0 atom stereocenters. The van der Waals surface area contributed by atoms with E-state index < -0.39 is 0 Å². The number of halogens is 1. The number of aromatic nitrogens is 2. The summed E-state index contributed by atoms with van der Waals surface area (Å²) in [6.07, 6.45) is 0. The van der Waals surface area contributed by atoms with Crippen LogP contribution in [0.3, 0.4) is 0 Å². The first kappa shape index (κ1) is 12.1. The fraction of sp³-hybridized carbons (Fsp3) is 0.333. The van der Waals surface area contributed by atoms with Crippen LogP contribution in [0.4, 0.5) is 6.01 Å². The van der Waals surface area contributed by atoms with E-state index in [2.05, 4.69) is 31.4 Å². The maximum atomic E-state index is 5.09. The Morgan fingerprint density at radius 3 is 2.53 bits per heavy atom. The third-order valence-electron chi connectivity index (χ3n) is 2.45. The van der Waals surface area contributed by atoms with Crippen LogP contribution in [0, 0.1) is 13.8 Å². The standard InChI is InChI=1S/C12H14BrN3O/c1-4-14-12-15-11(16-17-12)9-5-7(2)10(13)8(3)6-9/h5-6H,4H2,1-3H3,(H,14,15,16). The molecule has 90 valence electrons. The third-order valence-corrected chi connectivity index (χ3v) is 3.70. The van der Waals surface area contributed by atoms with Gasteiger partial charge in [-0.1, -0.05) is 21.1 Å². The van der Waals surface area contributed by atoms with Crippen molar-refractivity contribution < 1.29 is 4.52 Å². The van der Waals surface area contributed by atoms with Gasteiger partial charge in [-0.05, 0) is 44.0 Å². The summed E-state index contributed by atoms with van der Waals surface area (Å²) in [5.74, 6) is 0.611. The molecule has 2 rings (SSSR count). The zero-order valence-corrected chi connectivity index (χ0v) is 11.6. The van der Waals surface area contributed by atoms with E-state index in [0.29, 0.717) is 11.8 Å². The molecule has 1 aromatic carbocycles. The number of anilines is 1. The summed E-state index contributed by atoms with van der Waals surface area (Å²) in [4.78, 5) is 4.28. The lowest BCUT2D eigenvalue weighted by molar-refractivity contribution is 0.432. The van der Waals surface area contributed by atoms with Crippen LogP contribution in [0.25, 0.3) is 11.4 Å². The van der Waals surface area contributed by atoms with Gasteiger partial charge in [-0.3, -0.25) is 0 Å². The molecule has 4 nitrogen and oxygen atoms in total. The summed E-state index contributed by atoms with van der Waals surface area (Å²) in [7, 11) is 0. The topological polar surface area (TPSA) is 51.0 Å². The summed E-state index contributed by atoms with van der Waals surface area (Å²) in [5.41, 5.74) is 3.29. The normalized spacial score (nSPS) is 10.6. The minimum Gasteiger partial charge on any atom is -0.338 e. The van der Waals surface area contributed by atoms with Crippen LogP contribution in [0.5, 0.6) is 0 Å². The molecule has 0 saturated heterocycles. The number of nitrogens with one attached hydrogen (secondary N) is 1. The number of hydrogen-bond donors (Lipinski definition) is 1. The first-order chi connectivity index (χ1) is 8.11. The highest BCUT2D eigenvalue weighted by molar-refractivity contribution is 9.10. The van der Waals surface area contributed by atoms with Crippen LogP contribution in [-0.2, 0) is 0 Å². The van der Waals surface area contributed by atoms with Gasteiger partial charge in [-0.25, -0.2) is 0 Å². The average molecular weight is 296 g/mol. The maximum absolute atomic E-state index is 5.09. The van der Waals surface area contributed by atoms with E-state index in [1.165, 1.54) is 0 Å². The lowest BCUT2D eigenvalue weighted by atomic mass is 10.1. The molecule has 1 N–H and O–H groups in total. The van der Waals surface area contributed by atoms with Gasteiger partial charge >= 0.3 is 6.01 Å². The maximum Gasteiger partial charge on any atom is 0.321 e. The Balaban J connectivity index is 2.39. The summed E-state index contributed by atoms with van der Waals surface area (Å²) in [5, 5.41) is 6.94. The van der Waals surface area contributed by atoms with E-state index in [4.69, 9.17) is 4.52 Å². The zero-order valence-electron chi connectivity index (χ0n) is 10.0. The highest BCUT2D eigenvalue weighted by atomic mass is 79.9. The largest absolute Gasteiger partial charge is 0.338 e. The molecule has 0 aliphatic heterocycles. The van der Waals surface area contributed by atoms with Gasteiger partial charge in [-0.15, -0.1) is 0 Å². The third kappa shape index (κ3) is 2.49. The van der Waals surface area contributed by atoms with Gasteiger partial charge in [0.15, 0.2) is 0 Å². The van der Waals surface area contributed by atoms with Crippen molar-refractivity contribution in [3.63, 3.8) is 0 Å². The van der Waals surface area contributed by atoms with E-state index in [-0.39, 0.29) is 0 Å². The Hall–Kier alpha value is -1.36. The second-order valence-corrected chi connectivity index (χ2v) is 4.67. The van der Waals surface area contributed by atoms with Crippen molar-refractivity contribution in [2.24, 2.45) is 0 Å². The lowest BCUT2D eigenvalue weighted by Crippen LogP contribution is -1.96. The molecular weight excluding hydrogens is 282 g/mol. The van der Waals surface area contributed by atoms with Crippen LogP contribution < -0.4 is 5.32 Å². The predicted octanol–water partition coefficient (Wildman–Crippen LogP) is 3.55. The highest BCUT2D eigenvalue weighted by Gasteiger charge is 2.10. The van der Waals surface area contributed by atoms with Crippen molar-refractivity contribution in [1.82, 2.24) is 10.1 Å². The van der Waals surface area contributed by atoms with Crippen LogP contribution >= 0.6 is 15.9 Å². The van der Waals surface area contributed by atoms with E-state index in [0.717, 1.165) is 27.7 Å². The molecular formula is C12H14BrN3O. The minimum atomic E-state index is 0.459. The minimum absolute atomic E-state index is 0.459. The van der Waals surface area contributed by atoms with E-state index in [1.807, 2.05) is 32.9 Å². The van der Waals surface area contributed by atoms with Gasteiger partial charge in [0, 0.05) is 16.6 Å². The van der Waals surface area contributed by atoms with Gasteiger partial charge in [0.1, 0.15) is 0 Å². The van der Waals surface area contributed by atoms with Crippen molar-refractivity contribution in [3.8, 4) is 11.4 Å². The fourth-order valence-corrected chi connectivity index (χ4v) is 1.87. The molecule has 1 heterocycles. The van der Waals surface area contributed by atoms with E-state index >= 15 is 0 Å². The molecule has 0 aliphatic carbocycles. The molecule has 1 aromatic heterocycles. The smallest absolute Gasteiger partial charge is 0.321 e. The number of nitrogens with zero attached hydrogens (tertiary/aromatic N) is 2. The molecule has 0 aliphatic rings. The predicted molar refractivity (Wildman–Crippen MR) is 71.1 cm³/mol. The van der Waals surface area contributed by atoms with E-state index in [9.17, 15) is 0 Å². The quantitative estimate of drug-likeness (QED) is 0.941. The molecule has 0 amide bonds. The van der Waals surface area contributed by atoms with Crippen molar-refractivity contribution in [3.05, 3.63) is 27.7 Å². The average Bonchev–Trinajstić information content (AvgIpc) is 2.74. The van der Waals surface area contributed by atoms with E-state index in [1.54, 1.807) is 0 Å². The SMILES string of the molecule is CCNc1nc(-c2cc(C)c(Br)c(C)c2)no1. The molecule has 17 heavy (non-hydrogen) atoms. The first-order valence-corrected chi connectivity index (χ1v) is 6.25. The molecule has 0 spiro atoms. The van der Waals surface area contributed by atoms with Crippen LogP contribution in [0.1, 0.15) is 18.1 Å². The second kappa shape index (κ2) is 4.87. The Morgan fingerprint density at radius 1 is 1.29 bits per heavy atom. The van der Waals surface area contributed by atoms with Crippen LogP contribution in [0.15, 0.2) is 21.1 Å². The summed E-state index contributed by atoms with van der Waals surface area (Å²) < 4.78 is 6.21. The molecule has 5 heteroatoms. The van der Waals surface area contributed by atoms with Crippen LogP contribution in [0.2, 0.25) is 0 Å². The highest BCUT2D eigenvalue weighted by Crippen LogP contribution is 2.27. The van der Waals surface area contributed by atoms with Gasteiger partial charge in [-0.2, -0.15) is 4.98 Å². The molecule has 0 fully saturated rings. The van der Waals surface area contributed by atoms with Crippen LogP contribution in [-0.4, -0.2) is 16.7 Å². The van der Waals surface area contributed by atoms with Gasteiger partial charge in [0.05, 0.1) is 0 Å². The number of benzene rings is 1. The first-order valence-electron chi connectivity index (χ1n) is 5.46. The molecule has 0 saturated carbocycles. The number of aryl methyl sites for hydroxylation is 2. The van der Waals surface area contributed by atoms with Gasteiger partial charge in [0.2, 0.25) is 5.82 Å². The summed E-state index contributed by atoms with van der Waals surface area (Å²) >= 11 is 3.54. The van der Waals surface area contributed by atoms with Crippen molar-refractivity contribution in [1.29, 1.82) is 0 Å². The second-order valence-electron chi connectivity index (χ2n) is 3.88. The monoisotopic (exact) mass is 295 g/mol. The fourth-order valence-electron chi connectivity index (χ4n) is 1.64. The zero-order chi connectivity index (χ0) is 12.4. The summed E-state index contributed by atoms with van der Waals surface area (Å²) in [6, 6.07) is 4.54. The van der Waals surface area contributed by atoms with Crippen molar-refractivity contribution in [2.45, 2.75) is 20.8 Å². The van der Waals surface area contributed by atoms with Crippen molar-refractivity contribution in [2.75, 3.05) is 11.9 Å². The molecule has 0 bridgehead atoms. The summed E-state index contributed by atoms with van der Waals surface area (Å²) in [6.45, 7) is 6.84. The van der Waals surface area contributed by atoms with Gasteiger partial charge < -0.3 is 9.84 Å². The molecule has 0 radical (unpaired) electrons. The molecule has 0 unspecified atom stereocenters. The Bertz CT molecular complexity index is 513. The van der Waals surface area contributed by atoms with Crippen molar-refractivity contribution >= 4 is 21.9 Å². The number of hydrogen-bond acceptors (Lipinski definition) is 4. The Morgan fingerprint density at radius 2 is 1.94 bits per heavy atom. The Kier molecular flexibility index (Phi) is 3.47. The van der Waals surface area contributed by atoms with Gasteiger partial charge in [0.25, 0.3) is 0 Å². The molecule has 2 aromatic rings. The number of rotatable bonds is 3. The lowest BCUT2D eigenvalue weighted by Gasteiger charge is -2.04.